The number of ether oxygens (including phenoxy) is 3. The molecule has 3 aromatic heterocycles. The van der Waals surface area contributed by atoms with Gasteiger partial charge in [0.15, 0.2) is 11.6 Å². The molecule has 4 rings (SSSR count). The normalized spacial score (nSPS) is 19.1. The summed E-state index contributed by atoms with van der Waals surface area (Å²) < 4.78 is 48.2. The quantitative estimate of drug-likeness (QED) is 0.385. The van der Waals surface area contributed by atoms with E-state index in [1.165, 1.54) is 33.5 Å². The highest BCUT2D eigenvalue weighted by atomic mass is 35.5. The van der Waals surface area contributed by atoms with Gasteiger partial charge >= 0.3 is 0 Å². The topological polar surface area (TPSA) is 146 Å². The average molecular weight is 567 g/mol. The lowest BCUT2D eigenvalue weighted by Crippen LogP contribution is -2.44. The van der Waals surface area contributed by atoms with Crippen molar-refractivity contribution in [3.05, 3.63) is 41.4 Å². The molecule has 206 valence electrons. The van der Waals surface area contributed by atoms with Crippen LogP contribution in [0.4, 0.5) is 5.95 Å². The van der Waals surface area contributed by atoms with Crippen LogP contribution in [0.2, 0.25) is 5.02 Å². The molecule has 1 aliphatic heterocycles. The monoisotopic (exact) mass is 566 g/mol. The number of sulfonamides is 1. The number of nitrogens with one attached hydrogen (secondary N) is 1. The van der Waals surface area contributed by atoms with Crippen molar-refractivity contribution in [3.63, 3.8) is 0 Å². The van der Waals surface area contributed by atoms with Crippen LogP contribution in [0.25, 0.3) is 11.5 Å². The first-order valence-corrected chi connectivity index (χ1v) is 13.8. The molecule has 1 fully saturated rings. The zero-order valence-corrected chi connectivity index (χ0v) is 23.3. The molecule has 13 nitrogen and oxygen atoms in total. The van der Waals surface area contributed by atoms with Crippen molar-refractivity contribution in [1.82, 2.24) is 34.6 Å². The molecular weight excluding hydrogens is 536 g/mol. The summed E-state index contributed by atoms with van der Waals surface area (Å²) in [5.74, 6) is 0.958. The van der Waals surface area contributed by atoms with Crippen molar-refractivity contribution in [1.29, 1.82) is 0 Å². The number of pyridine rings is 1. The number of halogens is 1. The van der Waals surface area contributed by atoms with Gasteiger partial charge in [0.05, 0.1) is 30.9 Å². The third kappa shape index (κ3) is 6.04. The van der Waals surface area contributed by atoms with Crippen LogP contribution in [0, 0.1) is 0 Å². The number of morpholine rings is 1. The lowest BCUT2D eigenvalue weighted by Gasteiger charge is -2.35. The summed E-state index contributed by atoms with van der Waals surface area (Å²) in [4.78, 5) is 14.9. The van der Waals surface area contributed by atoms with Crippen molar-refractivity contribution in [2.24, 2.45) is 0 Å². The SMILES string of the molecule is COc1cccc(-c2nnc(NS(=O)(=O)[C@@H](C)[C@H](OC)c3ncc(Cl)cn3)n2[C@@H](C)[C@H]2CN(C)CCO2)n1. The van der Waals surface area contributed by atoms with Gasteiger partial charge < -0.3 is 19.1 Å². The van der Waals surface area contributed by atoms with E-state index in [1.807, 2.05) is 14.0 Å². The zero-order valence-electron chi connectivity index (χ0n) is 21.8. The van der Waals surface area contributed by atoms with Crippen molar-refractivity contribution < 1.29 is 22.6 Å². The Morgan fingerprint density at radius 3 is 2.58 bits per heavy atom. The molecular formula is C23H31ClN8O5S. The van der Waals surface area contributed by atoms with Crippen molar-refractivity contribution in [2.45, 2.75) is 37.3 Å². The molecule has 0 aliphatic carbocycles. The molecule has 1 aliphatic rings. The Morgan fingerprint density at radius 1 is 1.18 bits per heavy atom. The summed E-state index contributed by atoms with van der Waals surface area (Å²) in [5, 5.41) is 7.74. The summed E-state index contributed by atoms with van der Waals surface area (Å²) in [5.41, 5.74) is 0.468. The molecule has 3 aromatic rings. The number of hydrogen-bond acceptors (Lipinski definition) is 11. The maximum absolute atomic E-state index is 13.6. The van der Waals surface area contributed by atoms with Crippen molar-refractivity contribution in [2.75, 3.05) is 45.7 Å². The lowest BCUT2D eigenvalue weighted by atomic mass is 10.1. The average Bonchev–Trinajstić information content (AvgIpc) is 3.32. The molecule has 1 saturated heterocycles. The van der Waals surface area contributed by atoms with Gasteiger partial charge in [-0.15, -0.1) is 10.2 Å². The van der Waals surface area contributed by atoms with Crippen LogP contribution in [-0.4, -0.2) is 95.4 Å². The predicted molar refractivity (Wildman–Crippen MR) is 141 cm³/mol. The van der Waals surface area contributed by atoms with Gasteiger partial charge in [-0.2, -0.15) is 0 Å². The maximum Gasteiger partial charge on any atom is 0.240 e. The van der Waals surface area contributed by atoms with Gasteiger partial charge in [0.25, 0.3) is 0 Å². The molecule has 0 saturated carbocycles. The molecule has 0 spiro atoms. The Bertz CT molecular complexity index is 1340. The highest BCUT2D eigenvalue weighted by molar-refractivity contribution is 7.93. The molecule has 15 heteroatoms. The summed E-state index contributed by atoms with van der Waals surface area (Å²) in [6.07, 6.45) is 1.56. The van der Waals surface area contributed by atoms with Gasteiger partial charge in [-0.25, -0.2) is 23.4 Å². The predicted octanol–water partition coefficient (Wildman–Crippen LogP) is 2.20. The molecule has 0 aromatic carbocycles. The van der Waals surface area contributed by atoms with Crippen LogP contribution in [0.15, 0.2) is 30.6 Å². The van der Waals surface area contributed by atoms with Gasteiger partial charge in [0.1, 0.15) is 17.0 Å². The Hall–Kier alpha value is -2.91. The minimum Gasteiger partial charge on any atom is -0.481 e. The van der Waals surface area contributed by atoms with Crippen LogP contribution < -0.4 is 9.46 Å². The van der Waals surface area contributed by atoms with E-state index in [0.29, 0.717) is 35.6 Å². The molecule has 1 N–H and O–H groups in total. The summed E-state index contributed by atoms with van der Waals surface area (Å²) in [6, 6.07) is 4.89. The van der Waals surface area contributed by atoms with E-state index in [9.17, 15) is 8.42 Å². The maximum atomic E-state index is 13.6. The third-order valence-corrected chi connectivity index (χ3v) is 8.29. The number of aromatic nitrogens is 6. The second kappa shape index (κ2) is 11.9. The van der Waals surface area contributed by atoms with Gasteiger partial charge in [-0.1, -0.05) is 17.7 Å². The Morgan fingerprint density at radius 2 is 1.92 bits per heavy atom. The summed E-state index contributed by atoms with van der Waals surface area (Å²) in [6.45, 7) is 5.43. The van der Waals surface area contributed by atoms with Crippen molar-refractivity contribution in [3.8, 4) is 17.4 Å². The molecule has 4 atom stereocenters. The molecule has 0 radical (unpaired) electrons. The minimum absolute atomic E-state index is 0.0210. The first kappa shape index (κ1) is 28.1. The van der Waals surface area contributed by atoms with Crippen LogP contribution in [-0.2, 0) is 19.5 Å². The highest BCUT2D eigenvalue weighted by Gasteiger charge is 2.36. The van der Waals surface area contributed by atoms with Gasteiger partial charge in [-0.05, 0) is 27.0 Å². The van der Waals surface area contributed by atoms with E-state index in [0.717, 1.165) is 6.54 Å². The molecule has 0 unspecified atom stereocenters. The summed E-state index contributed by atoms with van der Waals surface area (Å²) in [7, 11) is 0.846. The fourth-order valence-electron chi connectivity index (χ4n) is 4.20. The van der Waals surface area contributed by atoms with E-state index in [4.69, 9.17) is 25.8 Å². The molecule has 4 heterocycles. The number of likely N-dealkylation sites (N-methyl/N-ethyl adjacent to an activating group) is 1. The molecule has 0 amide bonds. The minimum atomic E-state index is -4.07. The second-order valence-electron chi connectivity index (χ2n) is 8.96. The summed E-state index contributed by atoms with van der Waals surface area (Å²) >= 11 is 5.89. The van der Waals surface area contributed by atoms with Crippen LogP contribution in [0.1, 0.15) is 31.8 Å². The second-order valence-corrected chi connectivity index (χ2v) is 11.4. The largest absolute Gasteiger partial charge is 0.481 e. The molecule has 38 heavy (non-hydrogen) atoms. The fourth-order valence-corrected chi connectivity index (χ4v) is 5.44. The van der Waals surface area contributed by atoms with Gasteiger partial charge in [-0.3, -0.25) is 9.29 Å². The first-order chi connectivity index (χ1) is 18.1. The number of nitrogens with zero attached hydrogens (tertiary/aromatic N) is 7. The Kier molecular flexibility index (Phi) is 8.78. The Balaban J connectivity index is 1.71. The van der Waals surface area contributed by atoms with E-state index < -0.39 is 21.4 Å². The number of hydrogen-bond donors (Lipinski definition) is 1. The van der Waals surface area contributed by atoms with Crippen LogP contribution >= 0.6 is 11.6 Å². The standard InChI is InChI=1S/C23H31ClN8O5S/c1-14(18-13-31(3)9-10-37-18)32-22(17-7-6-8-19(27-17)35-4)28-29-23(32)30-38(33,34)15(2)20(36-5)21-25-11-16(24)12-26-21/h6-8,11-12,14-15,18,20H,9-10,13H2,1-5H3,(H,29,30)/t14-,15-,18+,20-/m0/s1. The van der Waals surface area contributed by atoms with E-state index >= 15 is 0 Å². The number of methoxy groups -OCH3 is 2. The fraction of sp³-hybridized carbons (Fsp3) is 0.522. The van der Waals surface area contributed by atoms with Crippen molar-refractivity contribution >= 4 is 27.6 Å². The lowest BCUT2D eigenvalue weighted by molar-refractivity contribution is -0.0421. The van der Waals surface area contributed by atoms with Crippen LogP contribution in [0.3, 0.4) is 0 Å². The zero-order chi connectivity index (χ0) is 27.4. The third-order valence-electron chi connectivity index (χ3n) is 6.40. The van der Waals surface area contributed by atoms with Crippen LogP contribution in [0.5, 0.6) is 5.88 Å². The smallest absolute Gasteiger partial charge is 0.240 e. The highest BCUT2D eigenvalue weighted by Crippen LogP contribution is 2.31. The molecule has 0 bridgehead atoms. The Labute approximate surface area is 226 Å². The first-order valence-electron chi connectivity index (χ1n) is 11.9. The van der Waals surface area contributed by atoms with E-state index in [2.05, 4.69) is 34.8 Å². The van der Waals surface area contributed by atoms with Gasteiger partial charge in [0, 0.05) is 38.7 Å². The van der Waals surface area contributed by atoms with E-state index in [1.54, 1.807) is 22.8 Å². The number of rotatable bonds is 10. The van der Waals surface area contributed by atoms with E-state index in [-0.39, 0.29) is 23.9 Å². The van der Waals surface area contributed by atoms with Gasteiger partial charge in [0.2, 0.25) is 21.9 Å². The number of anilines is 1.